The van der Waals surface area contributed by atoms with E-state index >= 15 is 0 Å². The number of hydrogen-bond acceptors (Lipinski definition) is 10. The van der Waals surface area contributed by atoms with Gasteiger partial charge < -0.3 is 25.8 Å². The highest BCUT2D eigenvalue weighted by Gasteiger charge is 2.37. The molecule has 0 spiro atoms. The van der Waals surface area contributed by atoms with Crippen molar-refractivity contribution in [1.29, 1.82) is 5.41 Å². The van der Waals surface area contributed by atoms with E-state index in [0.717, 1.165) is 12.1 Å². The first kappa shape index (κ1) is 24.9. The highest BCUT2D eigenvalue weighted by molar-refractivity contribution is 9.10. The van der Waals surface area contributed by atoms with Crippen molar-refractivity contribution < 1.29 is 19.2 Å². The molecule has 1 aliphatic heterocycles. The summed E-state index contributed by atoms with van der Waals surface area (Å²) in [6.07, 6.45) is 0. The Morgan fingerprint density at radius 2 is 2.19 bits per heavy atom. The number of amides is 2. The van der Waals surface area contributed by atoms with Crippen LogP contribution in [-0.2, 0) is 14.4 Å². The zero-order chi connectivity index (χ0) is 23.0. The number of carbonyl (C=O) groups is 2. The van der Waals surface area contributed by atoms with E-state index in [9.17, 15) is 9.59 Å². The standard InChI is InChI=1S/C17H22BrN7O4S2/c1-8-13(16(26)22-8)23-17(27)14(11(7-30)25-31-21)24-29-5-4-28-12-3-2-9(15(19)20)6-10(12)18/h2-3,6-8,13,24-25H,4-5,21H2,1H3,(H3,19,20)(H,22,26)(H,23,27)/b14-11-/t8-,13-/m0/s1. The molecule has 31 heavy (non-hydrogen) atoms. The lowest BCUT2D eigenvalue weighted by molar-refractivity contribution is -0.135. The molecule has 0 unspecified atom stereocenters. The van der Waals surface area contributed by atoms with Crippen molar-refractivity contribution in [2.75, 3.05) is 13.2 Å². The summed E-state index contributed by atoms with van der Waals surface area (Å²) < 4.78 is 8.92. The molecular formula is C17H22BrN7O4S2. The molecule has 0 aromatic heterocycles. The minimum Gasteiger partial charge on any atom is -0.490 e. The summed E-state index contributed by atoms with van der Waals surface area (Å²) in [5.41, 5.74) is 8.71. The summed E-state index contributed by atoms with van der Waals surface area (Å²) in [5, 5.41) is 19.3. The smallest absolute Gasteiger partial charge is 0.272 e. The molecule has 1 fully saturated rings. The van der Waals surface area contributed by atoms with Gasteiger partial charge in [-0.05, 0) is 41.1 Å². The lowest BCUT2D eigenvalue weighted by atomic mass is 10.0. The number of carbonyl (C=O) groups excluding carboxylic acids is 2. The van der Waals surface area contributed by atoms with Crippen molar-refractivity contribution in [3.63, 3.8) is 0 Å². The maximum absolute atomic E-state index is 12.6. The molecule has 0 aliphatic carbocycles. The van der Waals surface area contributed by atoms with E-state index in [2.05, 4.69) is 36.8 Å². The molecule has 1 aliphatic rings. The molecular weight excluding hydrogens is 510 g/mol. The number of β-lactam (4-membered cyclic amide) rings is 1. The number of allylic oxidation sites excluding steroid dienone is 1. The number of thiocarbonyl (C=S) groups is 1. The summed E-state index contributed by atoms with van der Waals surface area (Å²) >= 11 is 9.03. The zero-order valence-corrected chi connectivity index (χ0v) is 19.6. The van der Waals surface area contributed by atoms with Crippen molar-refractivity contribution in [1.82, 2.24) is 20.8 Å². The van der Waals surface area contributed by atoms with Gasteiger partial charge in [-0.25, -0.2) is 0 Å². The molecule has 2 amide bonds. The molecule has 14 heteroatoms. The zero-order valence-electron chi connectivity index (χ0n) is 16.4. The van der Waals surface area contributed by atoms with Gasteiger partial charge >= 0.3 is 0 Å². The Bertz CT molecular complexity index is 899. The maximum atomic E-state index is 12.6. The molecule has 1 aromatic rings. The molecule has 1 aromatic carbocycles. The fourth-order valence-electron chi connectivity index (χ4n) is 2.46. The highest BCUT2D eigenvalue weighted by Crippen LogP contribution is 2.25. The molecule has 0 radical (unpaired) electrons. The van der Waals surface area contributed by atoms with Gasteiger partial charge in [0.25, 0.3) is 5.91 Å². The Morgan fingerprint density at radius 1 is 1.45 bits per heavy atom. The van der Waals surface area contributed by atoms with Crippen LogP contribution in [-0.4, -0.2) is 48.3 Å². The number of ether oxygens (including phenoxy) is 1. The van der Waals surface area contributed by atoms with Crippen LogP contribution in [0, 0.1) is 5.41 Å². The van der Waals surface area contributed by atoms with E-state index in [1.54, 1.807) is 25.1 Å². The monoisotopic (exact) mass is 531 g/mol. The first-order valence-electron chi connectivity index (χ1n) is 8.85. The lowest BCUT2D eigenvalue weighted by Gasteiger charge is -2.34. The first-order valence-corrected chi connectivity index (χ1v) is 11.0. The van der Waals surface area contributed by atoms with Crippen LogP contribution in [0.1, 0.15) is 12.5 Å². The van der Waals surface area contributed by atoms with E-state index in [4.69, 9.17) is 38.1 Å². The summed E-state index contributed by atoms with van der Waals surface area (Å²) in [7, 11) is 0. The van der Waals surface area contributed by atoms with Gasteiger partial charge in [-0.3, -0.25) is 30.5 Å². The molecule has 0 bridgehead atoms. The third-order valence-corrected chi connectivity index (χ3v) is 5.28. The number of amidine groups is 1. The van der Waals surface area contributed by atoms with E-state index in [1.165, 1.54) is 5.37 Å². The molecule has 2 rings (SSSR count). The third kappa shape index (κ3) is 6.80. The second-order valence-electron chi connectivity index (χ2n) is 6.23. The minimum absolute atomic E-state index is 0.0353. The molecule has 9 N–H and O–H groups in total. The Labute approximate surface area is 196 Å². The fraction of sp³-hybridized carbons (Fsp3) is 0.294. The van der Waals surface area contributed by atoms with E-state index in [1.807, 2.05) is 0 Å². The van der Waals surface area contributed by atoms with Crippen LogP contribution in [0.15, 0.2) is 34.1 Å². The van der Waals surface area contributed by atoms with Gasteiger partial charge in [-0.2, -0.15) is 0 Å². The van der Waals surface area contributed by atoms with Crippen LogP contribution >= 0.6 is 40.3 Å². The van der Waals surface area contributed by atoms with E-state index < -0.39 is 11.9 Å². The van der Waals surface area contributed by atoms with Crippen molar-refractivity contribution >= 4 is 63.3 Å². The van der Waals surface area contributed by atoms with Gasteiger partial charge in [0.2, 0.25) is 5.91 Å². The maximum Gasteiger partial charge on any atom is 0.272 e. The number of halogens is 1. The number of nitrogens with two attached hydrogens (primary N) is 2. The van der Waals surface area contributed by atoms with E-state index in [-0.39, 0.29) is 42.4 Å². The number of nitrogen functional groups attached to an aromatic ring is 1. The molecule has 11 nitrogen and oxygen atoms in total. The number of hydrogen-bond donors (Lipinski definition) is 7. The van der Waals surface area contributed by atoms with Crippen molar-refractivity contribution in [2.24, 2.45) is 10.9 Å². The lowest BCUT2D eigenvalue weighted by Crippen LogP contribution is -2.68. The van der Waals surface area contributed by atoms with E-state index in [0.29, 0.717) is 15.8 Å². The number of rotatable bonds is 12. The number of benzene rings is 1. The van der Waals surface area contributed by atoms with Gasteiger partial charge in [0, 0.05) is 23.1 Å². The Balaban J connectivity index is 1.93. The summed E-state index contributed by atoms with van der Waals surface area (Å²) in [6.45, 7) is 1.98. The molecule has 0 saturated carbocycles. The van der Waals surface area contributed by atoms with Gasteiger partial charge in [0.1, 0.15) is 30.8 Å². The van der Waals surface area contributed by atoms with Crippen molar-refractivity contribution in [2.45, 2.75) is 19.0 Å². The summed E-state index contributed by atoms with van der Waals surface area (Å²) in [6, 6.07) is 4.16. The van der Waals surface area contributed by atoms with Gasteiger partial charge in [-0.15, -0.1) is 0 Å². The van der Waals surface area contributed by atoms with Crippen LogP contribution in [0.3, 0.4) is 0 Å². The fourth-order valence-corrected chi connectivity index (χ4v) is 3.49. The first-order chi connectivity index (χ1) is 14.8. The normalized spacial score (nSPS) is 18.1. The second kappa shape index (κ2) is 11.9. The largest absolute Gasteiger partial charge is 0.490 e. The number of nitrogens with one attached hydrogen (secondary N) is 5. The van der Waals surface area contributed by atoms with Crippen LogP contribution in [0.5, 0.6) is 5.75 Å². The Morgan fingerprint density at radius 3 is 2.74 bits per heavy atom. The predicted molar refractivity (Wildman–Crippen MR) is 125 cm³/mol. The van der Waals surface area contributed by atoms with Crippen LogP contribution in [0.25, 0.3) is 0 Å². The summed E-state index contributed by atoms with van der Waals surface area (Å²) in [4.78, 5) is 29.5. The average Bonchev–Trinajstić information content (AvgIpc) is 2.74. The highest BCUT2D eigenvalue weighted by atomic mass is 79.9. The van der Waals surface area contributed by atoms with Crippen molar-refractivity contribution in [3.8, 4) is 5.75 Å². The Hall–Kier alpha value is -2.39. The van der Waals surface area contributed by atoms with Crippen LogP contribution < -0.4 is 36.4 Å². The van der Waals surface area contributed by atoms with Crippen LogP contribution in [0.4, 0.5) is 0 Å². The summed E-state index contributed by atoms with van der Waals surface area (Å²) in [5.74, 6) is -0.383. The average molecular weight is 532 g/mol. The van der Waals surface area contributed by atoms with Gasteiger partial charge in [0.15, 0.2) is 5.70 Å². The SMILES string of the molecule is C[C@@H]1NC(=O)[C@H]1NC(=O)/C(NOCCOc1ccc(C(=N)N)cc1Br)=C(\C=S)NSN. The molecule has 1 saturated heterocycles. The minimum atomic E-state index is -0.653. The predicted octanol–water partition coefficient (Wildman–Crippen LogP) is -0.0409. The molecule has 1 heterocycles. The molecule has 2 atom stereocenters. The second-order valence-corrected chi connectivity index (χ2v) is 7.76. The Kier molecular flexibility index (Phi) is 9.51. The third-order valence-electron chi connectivity index (χ3n) is 4.08. The number of hydroxylamine groups is 1. The quantitative estimate of drug-likeness (QED) is 0.0283. The van der Waals surface area contributed by atoms with Gasteiger partial charge in [-0.1, -0.05) is 12.2 Å². The van der Waals surface area contributed by atoms with Gasteiger partial charge in [0.05, 0.1) is 16.2 Å². The van der Waals surface area contributed by atoms with Crippen molar-refractivity contribution in [3.05, 3.63) is 39.6 Å². The topological polar surface area (TPSA) is 177 Å². The molecule has 168 valence electrons. The van der Waals surface area contributed by atoms with Crippen LogP contribution in [0.2, 0.25) is 0 Å².